The van der Waals surface area contributed by atoms with Crippen molar-refractivity contribution in [3.8, 4) is 22.6 Å². The van der Waals surface area contributed by atoms with Crippen LogP contribution in [0.5, 0.6) is 0 Å². The van der Waals surface area contributed by atoms with Crippen LogP contribution >= 0.6 is 0 Å². The fraction of sp³-hybridized carbons (Fsp3) is 0.267. The molecule has 4 aromatic rings. The molecule has 0 radical (unpaired) electrons. The standard InChI is InChI=1S/C30H29F3N6O4/c1-30(2,3)43-29(42)38(4)17-25(40)34-13-19-14-35-28(36-15-19)20-7-5-6-18(10-20)16-39-26(41)9-8-24(37-39)21-11-22(31)27(33)23(32)12-21/h5-12,14-15H,13,16-17H2,1-4H3,(H,34,40). The maximum atomic E-state index is 13.7. The minimum Gasteiger partial charge on any atom is -0.444 e. The number of carbonyl (C=O) groups is 2. The van der Waals surface area contributed by atoms with Gasteiger partial charge < -0.3 is 15.0 Å². The predicted molar refractivity (Wildman–Crippen MR) is 151 cm³/mol. The number of aromatic nitrogens is 4. The number of halogens is 3. The Labute approximate surface area is 245 Å². The third-order valence-electron chi connectivity index (χ3n) is 5.94. The highest BCUT2D eigenvalue weighted by atomic mass is 19.2. The first kappa shape index (κ1) is 30.9. The Morgan fingerprint density at radius 3 is 2.28 bits per heavy atom. The second kappa shape index (κ2) is 12.8. The van der Waals surface area contributed by atoms with Crippen LogP contribution in [0, 0.1) is 17.5 Å². The Kier molecular flexibility index (Phi) is 9.22. The normalized spacial score (nSPS) is 11.2. The van der Waals surface area contributed by atoms with Gasteiger partial charge in [-0.25, -0.2) is 32.6 Å². The summed E-state index contributed by atoms with van der Waals surface area (Å²) in [6, 6.07) is 11.2. The van der Waals surface area contributed by atoms with E-state index in [0.717, 1.165) is 16.8 Å². The zero-order valence-electron chi connectivity index (χ0n) is 23.9. The summed E-state index contributed by atoms with van der Waals surface area (Å²) in [5.74, 6) is -4.29. The largest absolute Gasteiger partial charge is 0.444 e. The molecule has 224 valence electrons. The van der Waals surface area contributed by atoms with E-state index in [-0.39, 0.29) is 36.8 Å². The van der Waals surface area contributed by atoms with Gasteiger partial charge in [-0.2, -0.15) is 5.10 Å². The average Bonchev–Trinajstić information content (AvgIpc) is 2.95. The molecular formula is C30H29F3N6O4. The monoisotopic (exact) mass is 594 g/mol. The number of rotatable bonds is 8. The molecule has 0 unspecified atom stereocenters. The highest BCUT2D eigenvalue weighted by molar-refractivity contribution is 5.82. The smallest absolute Gasteiger partial charge is 0.410 e. The van der Waals surface area contributed by atoms with Crippen molar-refractivity contribution < 1.29 is 27.5 Å². The Bertz CT molecular complexity index is 1680. The summed E-state index contributed by atoms with van der Waals surface area (Å²) in [5, 5.41) is 6.90. The Morgan fingerprint density at radius 2 is 1.63 bits per heavy atom. The zero-order valence-corrected chi connectivity index (χ0v) is 23.9. The number of ether oxygens (including phenoxy) is 1. The number of hydrogen-bond acceptors (Lipinski definition) is 7. The first-order valence-electron chi connectivity index (χ1n) is 13.1. The quantitative estimate of drug-likeness (QED) is 0.302. The molecule has 0 aliphatic carbocycles. The summed E-state index contributed by atoms with van der Waals surface area (Å²) in [5.41, 5.74) is 0.921. The lowest BCUT2D eigenvalue weighted by molar-refractivity contribution is -0.122. The average molecular weight is 595 g/mol. The van der Waals surface area contributed by atoms with Crippen molar-refractivity contribution >= 4 is 12.0 Å². The molecule has 0 saturated carbocycles. The topological polar surface area (TPSA) is 119 Å². The predicted octanol–water partition coefficient (Wildman–Crippen LogP) is 4.32. The van der Waals surface area contributed by atoms with E-state index in [1.807, 2.05) is 0 Å². The molecule has 0 aliphatic rings. The molecule has 0 spiro atoms. The summed E-state index contributed by atoms with van der Waals surface area (Å²) >= 11 is 0. The fourth-order valence-electron chi connectivity index (χ4n) is 3.87. The molecule has 43 heavy (non-hydrogen) atoms. The summed E-state index contributed by atoms with van der Waals surface area (Å²) in [6.07, 6.45) is 2.51. The molecule has 13 heteroatoms. The lowest BCUT2D eigenvalue weighted by atomic mass is 10.1. The maximum Gasteiger partial charge on any atom is 0.410 e. The Balaban J connectivity index is 1.40. The fourth-order valence-corrected chi connectivity index (χ4v) is 3.87. The van der Waals surface area contributed by atoms with Crippen LogP contribution in [0.25, 0.3) is 22.6 Å². The van der Waals surface area contributed by atoms with Gasteiger partial charge in [0.05, 0.1) is 12.2 Å². The van der Waals surface area contributed by atoms with Crippen LogP contribution in [-0.4, -0.2) is 55.8 Å². The van der Waals surface area contributed by atoms with E-state index >= 15 is 0 Å². The summed E-state index contributed by atoms with van der Waals surface area (Å²) in [6.45, 7) is 5.21. The van der Waals surface area contributed by atoms with E-state index < -0.39 is 34.7 Å². The van der Waals surface area contributed by atoms with Gasteiger partial charge in [0.15, 0.2) is 23.3 Å². The van der Waals surface area contributed by atoms with Crippen molar-refractivity contribution in [1.82, 2.24) is 30.0 Å². The number of likely N-dealkylation sites (N-methyl/N-ethyl adjacent to an activating group) is 1. The summed E-state index contributed by atoms with van der Waals surface area (Å²) in [4.78, 5) is 46.7. The van der Waals surface area contributed by atoms with Crippen LogP contribution < -0.4 is 10.9 Å². The molecule has 0 bridgehead atoms. The second-order valence-corrected chi connectivity index (χ2v) is 10.7. The van der Waals surface area contributed by atoms with Gasteiger partial charge in [0.1, 0.15) is 12.1 Å². The zero-order chi connectivity index (χ0) is 31.3. The van der Waals surface area contributed by atoms with Gasteiger partial charge in [-0.3, -0.25) is 9.59 Å². The minimum absolute atomic E-state index is 0.0151. The molecule has 0 aliphatic heterocycles. The third kappa shape index (κ3) is 8.24. The summed E-state index contributed by atoms with van der Waals surface area (Å²) in [7, 11) is 1.47. The van der Waals surface area contributed by atoms with E-state index in [1.165, 1.54) is 24.1 Å². The lowest BCUT2D eigenvalue weighted by Gasteiger charge is -2.24. The third-order valence-corrected chi connectivity index (χ3v) is 5.94. The molecular weight excluding hydrogens is 565 g/mol. The van der Waals surface area contributed by atoms with Gasteiger partial charge in [0.2, 0.25) is 5.91 Å². The number of hydrogen-bond donors (Lipinski definition) is 1. The molecule has 0 saturated heterocycles. The van der Waals surface area contributed by atoms with Crippen LogP contribution in [-0.2, 0) is 22.6 Å². The molecule has 2 heterocycles. The maximum absolute atomic E-state index is 13.7. The number of carbonyl (C=O) groups excluding carboxylic acids is 2. The lowest BCUT2D eigenvalue weighted by Crippen LogP contribution is -2.40. The highest BCUT2D eigenvalue weighted by Crippen LogP contribution is 2.22. The van der Waals surface area contributed by atoms with Gasteiger partial charge >= 0.3 is 6.09 Å². The molecule has 1 N–H and O–H groups in total. The number of benzene rings is 2. The number of amides is 2. The highest BCUT2D eigenvalue weighted by Gasteiger charge is 2.21. The van der Waals surface area contributed by atoms with Gasteiger partial charge in [-0.1, -0.05) is 18.2 Å². The van der Waals surface area contributed by atoms with Gasteiger partial charge in [-0.15, -0.1) is 0 Å². The van der Waals surface area contributed by atoms with E-state index in [9.17, 15) is 27.6 Å². The molecule has 4 rings (SSSR count). The molecule has 0 fully saturated rings. The van der Waals surface area contributed by atoms with Gasteiger partial charge in [0.25, 0.3) is 5.56 Å². The van der Waals surface area contributed by atoms with Crippen molar-refractivity contribution in [2.45, 2.75) is 39.5 Å². The number of nitrogens with zero attached hydrogens (tertiary/aromatic N) is 5. The Hall–Kier alpha value is -5.07. The molecule has 2 aromatic heterocycles. The SMILES string of the molecule is CN(CC(=O)NCc1cnc(-c2cccc(Cn3nc(-c4cc(F)c(F)c(F)c4)ccc3=O)c2)nc1)C(=O)OC(C)(C)C. The van der Waals surface area contributed by atoms with E-state index in [4.69, 9.17) is 4.74 Å². The van der Waals surface area contributed by atoms with E-state index in [1.54, 1.807) is 57.4 Å². The van der Waals surface area contributed by atoms with Crippen LogP contribution in [0.1, 0.15) is 31.9 Å². The van der Waals surface area contributed by atoms with Crippen LogP contribution in [0.15, 0.2) is 65.7 Å². The molecule has 0 atom stereocenters. The molecule has 2 aromatic carbocycles. The van der Waals surface area contributed by atoms with Crippen LogP contribution in [0.2, 0.25) is 0 Å². The molecule has 2 amide bonds. The van der Waals surface area contributed by atoms with E-state index in [2.05, 4.69) is 20.4 Å². The van der Waals surface area contributed by atoms with Gasteiger partial charge in [0, 0.05) is 48.7 Å². The first-order valence-corrected chi connectivity index (χ1v) is 13.1. The Morgan fingerprint density at radius 1 is 0.953 bits per heavy atom. The van der Waals surface area contributed by atoms with Gasteiger partial charge in [-0.05, 0) is 50.6 Å². The van der Waals surface area contributed by atoms with Crippen molar-refractivity contribution in [3.63, 3.8) is 0 Å². The van der Waals surface area contributed by atoms with Crippen LogP contribution in [0.4, 0.5) is 18.0 Å². The van der Waals surface area contributed by atoms with Crippen molar-refractivity contribution in [1.29, 1.82) is 0 Å². The summed E-state index contributed by atoms with van der Waals surface area (Å²) < 4.78 is 47.2. The second-order valence-electron chi connectivity index (χ2n) is 10.7. The van der Waals surface area contributed by atoms with E-state index in [0.29, 0.717) is 22.5 Å². The van der Waals surface area contributed by atoms with Crippen molar-refractivity contribution in [2.24, 2.45) is 0 Å². The first-order chi connectivity index (χ1) is 20.3. The van der Waals surface area contributed by atoms with Crippen LogP contribution in [0.3, 0.4) is 0 Å². The number of nitrogens with one attached hydrogen (secondary N) is 1. The molecule has 10 nitrogen and oxygen atoms in total. The van der Waals surface area contributed by atoms with Crippen molar-refractivity contribution in [2.75, 3.05) is 13.6 Å². The minimum atomic E-state index is -1.59. The van der Waals surface area contributed by atoms with Crippen molar-refractivity contribution in [3.05, 3.63) is 99.9 Å².